The quantitative estimate of drug-likeness (QED) is 0.382. The van der Waals surface area contributed by atoms with Crippen LogP contribution >= 0.6 is 15.9 Å². The summed E-state index contributed by atoms with van der Waals surface area (Å²) < 4.78 is 13.2. The van der Waals surface area contributed by atoms with E-state index in [9.17, 15) is 4.79 Å². The Hall–Kier alpha value is -1.31. The number of hydrogen-bond acceptors (Lipinski definition) is 3. The Morgan fingerprint density at radius 3 is 2.35 bits per heavy atom. The van der Waals surface area contributed by atoms with Gasteiger partial charge >= 0.3 is 6.09 Å². The Balaban J connectivity index is 1.74. The first-order chi connectivity index (χ1) is 15.6. The molecule has 2 heterocycles. The van der Waals surface area contributed by atoms with Gasteiger partial charge in [0.2, 0.25) is 0 Å². The molecule has 0 aliphatic carbocycles. The molecule has 190 valence electrons. The highest BCUT2D eigenvalue weighted by Gasteiger charge is 2.37. The molecule has 2 aromatic rings. The summed E-state index contributed by atoms with van der Waals surface area (Å²) >= 11 is 3.78. The standard InChI is InChI=1S/C27H43BrN2O3Si/c1-18(17-32-34(8,9)27(5,6)7)23-21-16-20(10-11-22(21)29-24(23)28)19-12-14-30(15-13-19)25(31)33-26(2,3)4/h10-11,16,18-19,29H,12-15,17H2,1-9H3. The van der Waals surface area contributed by atoms with E-state index in [1.165, 1.54) is 16.5 Å². The lowest BCUT2D eigenvalue weighted by atomic mass is 9.88. The number of hydrogen-bond donors (Lipinski definition) is 1. The van der Waals surface area contributed by atoms with Crippen molar-refractivity contribution in [2.24, 2.45) is 0 Å². The molecule has 1 aromatic heterocycles. The fourth-order valence-electron chi connectivity index (χ4n) is 4.29. The number of carbonyl (C=O) groups excluding carboxylic acids is 1. The molecule has 1 aliphatic rings. The minimum absolute atomic E-state index is 0.200. The first kappa shape index (κ1) is 27.3. The van der Waals surface area contributed by atoms with Gasteiger partial charge in [-0.05, 0) is 96.9 Å². The van der Waals surface area contributed by atoms with Gasteiger partial charge in [-0.1, -0.05) is 33.8 Å². The van der Waals surface area contributed by atoms with E-state index in [-0.39, 0.29) is 17.0 Å². The van der Waals surface area contributed by atoms with Crippen molar-refractivity contribution >= 4 is 41.2 Å². The number of fused-ring (bicyclic) bond motifs is 1. The minimum Gasteiger partial charge on any atom is -0.444 e. The van der Waals surface area contributed by atoms with Crippen LogP contribution in [-0.4, -0.2) is 49.6 Å². The monoisotopic (exact) mass is 550 g/mol. The molecule has 3 rings (SSSR count). The normalized spacial score (nSPS) is 17.3. The summed E-state index contributed by atoms with van der Waals surface area (Å²) in [5.41, 5.74) is 3.33. The largest absolute Gasteiger partial charge is 0.444 e. The molecule has 1 N–H and O–H groups in total. The summed E-state index contributed by atoms with van der Waals surface area (Å²) in [5, 5.41) is 1.47. The van der Waals surface area contributed by atoms with Crippen LogP contribution in [0.5, 0.6) is 0 Å². The lowest BCUT2D eigenvalue weighted by Gasteiger charge is -2.37. The van der Waals surface area contributed by atoms with Gasteiger partial charge in [-0.3, -0.25) is 0 Å². The molecule has 5 nitrogen and oxygen atoms in total. The number of H-pyrrole nitrogens is 1. The van der Waals surface area contributed by atoms with Crippen LogP contribution in [-0.2, 0) is 9.16 Å². The SMILES string of the molecule is CC(CO[Si](C)(C)C(C)(C)C)c1c(Br)[nH]c2ccc(C3CCN(C(=O)OC(C)(C)C)CC3)cc12. The molecule has 1 atom stereocenters. The summed E-state index contributed by atoms with van der Waals surface area (Å²) in [7, 11) is -1.80. The van der Waals surface area contributed by atoms with Crippen molar-refractivity contribution in [3.05, 3.63) is 33.9 Å². The van der Waals surface area contributed by atoms with Crippen LogP contribution in [0.1, 0.15) is 84.3 Å². The maximum absolute atomic E-state index is 12.4. The third-order valence-electron chi connectivity index (χ3n) is 7.43. The number of carbonyl (C=O) groups is 1. The zero-order chi connectivity index (χ0) is 25.5. The van der Waals surface area contributed by atoms with Crippen LogP contribution in [0.4, 0.5) is 4.79 Å². The van der Waals surface area contributed by atoms with Gasteiger partial charge in [0.25, 0.3) is 0 Å². The van der Waals surface area contributed by atoms with Crippen molar-refractivity contribution in [2.45, 2.75) is 96.9 Å². The lowest BCUT2D eigenvalue weighted by molar-refractivity contribution is 0.0205. The summed E-state index contributed by atoms with van der Waals surface area (Å²) in [4.78, 5) is 17.8. The lowest BCUT2D eigenvalue weighted by Crippen LogP contribution is -2.41. The second-order valence-electron chi connectivity index (χ2n) is 12.4. The Labute approximate surface area is 215 Å². The number of amides is 1. The van der Waals surface area contributed by atoms with Gasteiger partial charge in [0.05, 0.1) is 4.60 Å². The van der Waals surface area contributed by atoms with Gasteiger partial charge in [-0.25, -0.2) is 4.79 Å². The first-order valence-electron chi connectivity index (χ1n) is 12.5. The van der Waals surface area contributed by atoms with Gasteiger partial charge in [-0.15, -0.1) is 0 Å². The van der Waals surface area contributed by atoms with Gasteiger partial charge in [-0.2, -0.15) is 0 Å². The minimum atomic E-state index is -1.80. The molecule has 1 amide bonds. The number of ether oxygens (including phenoxy) is 1. The highest BCUT2D eigenvalue weighted by molar-refractivity contribution is 9.10. The zero-order valence-electron chi connectivity index (χ0n) is 22.5. The van der Waals surface area contributed by atoms with Crippen LogP contribution in [0.2, 0.25) is 18.1 Å². The van der Waals surface area contributed by atoms with Crippen LogP contribution in [0.3, 0.4) is 0 Å². The predicted octanol–water partition coefficient (Wildman–Crippen LogP) is 8.17. The molecular formula is C27H43BrN2O3Si. The fraction of sp³-hybridized carbons (Fsp3) is 0.667. The summed E-state index contributed by atoms with van der Waals surface area (Å²) in [5.74, 6) is 0.727. The average Bonchev–Trinajstić information content (AvgIpc) is 3.05. The number of aromatic nitrogens is 1. The van der Waals surface area contributed by atoms with E-state index >= 15 is 0 Å². The molecule has 7 heteroatoms. The molecule has 34 heavy (non-hydrogen) atoms. The average molecular weight is 552 g/mol. The first-order valence-corrected chi connectivity index (χ1v) is 16.2. The van der Waals surface area contributed by atoms with E-state index in [1.807, 2.05) is 25.7 Å². The van der Waals surface area contributed by atoms with E-state index in [0.29, 0.717) is 5.92 Å². The van der Waals surface area contributed by atoms with Crippen molar-refractivity contribution in [1.82, 2.24) is 9.88 Å². The number of benzene rings is 1. The molecule has 1 fully saturated rings. The molecule has 0 radical (unpaired) electrons. The van der Waals surface area contributed by atoms with Crippen LogP contribution in [0.25, 0.3) is 10.9 Å². The topological polar surface area (TPSA) is 54.6 Å². The van der Waals surface area contributed by atoms with Crippen molar-refractivity contribution in [3.63, 3.8) is 0 Å². The molecule has 0 saturated carbocycles. The van der Waals surface area contributed by atoms with Crippen molar-refractivity contribution < 1.29 is 14.0 Å². The number of nitrogens with one attached hydrogen (secondary N) is 1. The number of rotatable bonds is 5. The van der Waals surface area contributed by atoms with E-state index in [4.69, 9.17) is 9.16 Å². The van der Waals surface area contributed by atoms with E-state index in [2.05, 4.69) is 79.9 Å². The molecule has 1 unspecified atom stereocenters. The molecule has 1 saturated heterocycles. The zero-order valence-corrected chi connectivity index (χ0v) is 25.1. The highest BCUT2D eigenvalue weighted by Crippen LogP contribution is 2.40. The molecule has 1 aromatic carbocycles. The Bertz CT molecular complexity index is 1010. The van der Waals surface area contributed by atoms with Crippen LogP contribution in [0, 0.1) is 0 Å². The Morgan fingerprint density at radius 2 is 1.79 bits per heavy atom. The van der Waals surface area contributed by atoms with Crippen LogP contribution < -0.4 is 0 Å². The van der Waals surface area contributed by atoms with E-state index in [1.54, 1.807) is 0 Å². The Morgan fingerprint density at radius 1 is 1.18 bits per heavy atom. The fourth-order valence-corrected chi connectivity index (χ4v) is 6.21. The molecular weight excluding hydrogens is 508 g/mol. The number of halogens is 1. The Kier molecular flexibility index (Phi) is 8.00. The number of piperidine rings is 1. The second-order valence-corrected chi connectivity index (χ2v) is 18.0. The van der Waals surface area contributed by atoms with Gasteiger partial charge < -0.3 is 19.0 Å². The van der Waals surface area contributed by atoms with Crippen molar-refractivity contribution in [2.75, 3.05) is 19.7 Å². The van der Waals surface area contributed by atoms with E-state index < -0.39 is 13.9 Å². The number of likely N-dealkylation sites (tertiary alicyclic amines) is 1. The summed E-state index contributed by atoms with van der Waals surface area (Å²) in [6.45, 7) is 21.7. The third kappa shape index (κ3) is 6.27. The van der Waals surface area contributed by atoms with E-state index in [0.717, 1.165) is 42.7 Å². The number of aromatic amines is 1. The van der Waals surface area contributed by atoms with Crippen molar-refractivity contribution in [3.8, 4) is 0 Å². The third-order valence-corrected chi connectivity index (χ3v) is 12.6. The molecule has 1 aliphatic heterocycles. The van der Waals surface area contributed by atoms with Gasteiger partial charge in [0, 0.05) is 36.5 Å². The van der Waals surface area contributed by atoms with Gasteiger partial charge in [0.15, 0.2) is 8.32 Å². The summed E-state index contributed by atoms with van der Waals surface area (Å²) in [6, 6.07) is 6.78. The highest BCUT2D eigenvalue weighted by atomic mass is 79.9. The maximum Gasteiger partial charge on any atom is 0.410 e. The summed E-state index contributed by atoms with van der Waals surface area (Å²) in [6.07, 6.45) is 1.71. The second kappa shape index (κ2) is 9.98. The molecule has 0 bridgehead atoms. The van der Waals surface area contributed by atoms with Crippen molar-refractivity contribution in [1.29, 1.82) is 0 Å². The molecule has 0 spiro atoms. The smallest absolute Gasteiger partial charge is 0.410 e. The van der Waals surface area contributed by atoms with Crippen LogP contribution in [0.15, 0.2) is 22.8 Å². The maximum atomic E-state index is 12.4. The number of nitrogens with zero attached hydrogens (tertiary/aromatic N) is 1. The van der Waals surface area contributed by atoms with Gasteiger partial charge in [0.1, 0.15) is 5.60 Å². The predicted molar refractivity (Wildman–Crippen MR) is 147 cm³/mol.